The van der Waals surface area contributed by atoms with Gasteiger partial charge >= 0.3 is 12.4 Å². The first-order chi connectivity index (χ1) is 21.8. The molecule has 1 amide bonds. The highest BCUT2D eigenvalue weighted by molar-refractivity contribution is 5.95. The number of carbonyl (C=O) groups is 1. The van der Waals surface area contributed by atoms with E-state index in [0.29, 0.717) is 58.1 Å². The number of halogens is 6. The Kier molecular flexibility index (Phi) is 8.97. The van der Waals surface area contributed by atoms with Gasteiger partial charge in [0.1, 0.15) is 17.3 Å². The summed E-state index contributed by atoms with van der Waals surface area (Å²) in [6, 6.07) is 15.0. The average molecular weight is 643 g/mol. The van der Waals surface area contributed by atoms with Gasteiger partial charge in [0.15, 0.2) is 0 Å². The summed E-state index contributed by atoms with van der Waals surface area (Å²) in [4.78, 5) is 16.7. The van der Waals surface area contributed by atoms with Crippen LogP contribution in [0.15, 0.2) is 90.5 Å². The average Bonchev–Trinajstić information content (AvgIpc) is 3.42. The number of alkyl halides is 6. The van der Waals surface area contributed by atoms with E-state index in [1.54, 1.807) is 71.3 Å². The number of carbonyl (C=O) groups excluding carboxylic acids is 1. The zero-order valence-corrected chi connectivity index (χ0v) is 24.5. The van der Waals surface area contributed by atoms with Gasteiger partial charge in [0.25, 0.3) is 5.91 Å². The van der Waals surface area contributed by atoms with Crippen LogP contribution in [0.2, 0.25) is 0 Å². The van der Waals surface area contributed by atoms with Crippen LogP contribution in [0.4, 0.5) is 26.3 Å². The molecular formula is C33H28F6N4O3. The van der Waals surface area contributed by atoms with Crippen LogP contribution in [0.5, 0.6) is 11.5 Å². The molecule has 1 atom stereocenters. The Morgan fingerprint density at radius 3 is 1.87 bits per heavy atom. The van der Waals surface area contributed by atoms with Gasteiger partial charge < -0.3 is 14.0 Å². The lowest BCUT2D eigenvalue weighted by Crippen LogP contribution is -2.31. The monoisotopic (exact) mass is 642 g/mol. The van der Waals surface area contributed by atoms with E-state index in [9.17, 15) is 31.1 Å². The molecule has 4 aromatic rings. The number of nitrogens with one attached hydrogen (secondary N) is 1. The zero-order valence-electron chi connectivity index (χ0n) is 24.5. The fourth-order valence-corrected chi connectivity index (χ4v) is 5.21. The largest absolute Gasteiger partial charge is 0.497 e. The highest BCUT2D eigenvalue weighted by Gasteiger charge is 2.38. The minimum Gasteiger partial charge on any atom is -0.497 e. The summed E-state index contributed by atoms with van der Waals surface area (Å²) in [5.41, 5.74) is 1.03. The summed E-state index contributed by atoms with van der Waals surface area (Å²) < 4.78 is 95.8. The second kappa shape index (κ2) is 12.8. The first-order valence-electron chi connectivity index (χ1n) is 13.9. The highest BCUT2D eigenvalue weighted by Crippen LogP contribution is 2.42. The number of hydrogen-bond donors (Lipinski definition) is 2. The SMILES string of the molecule is COc1ccc(-c2nc(-c3cc(C(F)(F)F)cc(C(F)(F)F)c3)n(CC3C=CC(C(=O)NN)=CC3)c2-c2ccc(OC)cc2)cc1. The van der Waals surface area contributed by atoms with Gasteiger partial charge in [0.2, 0.25) is 0 Å². The molecule has 0 fully saturated rings. The van der Waals surface area contributed by atoms with Gasteiger partial charge in [-0.2, -0.15) is 26.3 Å². The maximum Gasteiger partial charge on any atom is 0.416 e. The third-order valence-electron chi connectivity index (χ3n) is 7.54. The molecule has 0 saturated heterocycles. The van der Waals surface area contributed by atoms with Crippen molar-refractivity contribution in [2.24, 2.45) is 11.8 Å². The normalized spacial score (nSPS) is 15.0. The Hall–Kier alpha value is -5.04. The van der Waals surface area contributed by atoms with Gasteiger partial charge in [-0.05, 0) is 79.1 Å². The smallest absolute Gasteiger partial charge is 0.416 e. The molecule has 0 spiro atoms. The van der Waals surface area contributed by atoms with Crippen LogP contribution in [0.1, 0.15) is 17.5 Å². The second-order valence-corrected chi connectivity index (χ2v) is 10.5. The van der Waals surface area contributed by atoms with Crippen molar-refractivity contribution in [1.82, 2.24) is 15.0 Å². The maximum atomic E-state index is 13.9. The number of benzene rings is 3. The molecular weight excluding hydrogens is 614 g/mol. The molecule has 0 aliphatic heterocycles. The molecule has 46 heavy (non-hydrogen) atoms. The Morgan fingerprint density at radius 2 is 1.41 bits per heavy atom. The van der Waals surface area contributed by atoms with Crippen molar-refractivity contribution < 1.29 is 40.6 Å². The minimum atomic E-state index is -5.05. The molecule has 1 heterocycles. The molecule has 0 radical (unpaired) electrons. The number of hydrazine groups is 1. The number of nitrogens with zero attached hydrogens (tertiary/aromatic N) is 2. The summed E-state index contributed by atoms with van der Waals surface area (Å²) in [5.74, 6) is 5.42. The summed E-state index contributed by atoms with van der Waals surface area (Å²) >= 11 is 0. The number of aromatic nitrogens is 2. The molecule has 240 valence electrons. The Balaban J connectivity index is 1.78. The number of nitrogens with two attached hydrogens (primary N) is 1. The van der Waals surface area contributed by atoms with Crippen molar-refractivity contribution in [3.05, 3.63) is 102 Å². The van der Waals surface area contributed by atoms with Crippen LogP contribution in [0, 0.1) is 5.92 Å². The van der Waals surface area contributed by atoms with Gasteiger partial charge in [-0.3, -0.25) is 10.2 Å². The number of rotatable bonds is 8. The van der Waals surface area contributed by atoms with Crippen LogP contribution in [-0.2, 0) is 23.7 Å². The fourth-order valence-electron chi connectivity index (χ4n) is 5.21. The van der Waals surface area contributed by atoms with Crippen LogP contribution in [0.3, 0.4) is 0 Å². The zero-order chi connectivity index (χ0) is 33.2. The molecule has 0 bridgehead atoms. The van der Waals surface area contributed by atoms with E-state index < -0.39 is 29.4 Å². The predicted molar refractivity (Wildman–Crippen MR) is 159 cm³/mol. The highest BCUT2D eigenvalue weighted by atomic mass is 19.4. The Bertz CT molecular complexity index is 1760. The number of ether oxygens (including phenoxy) is 2. The number of methoxy groups -OCH3 is 2. The number of allylic oxidation sites excluding steroid dienone is 2. The van der Waals surface area contributed by atoms with Crippen LogP contribution in [-0.4, -0.2) is 29.7 Å². The third kappa shape index (κ3) is 6.79. The lowest BCUT2D eigenvalue weighted by Gasteiger charge is -2.21. The molecule has 3 aromatic carbocycles. The fraction of sp³-hybridized carbons (Fsp3) is 0.212. The maximum absolute atomic E-state index is 13.9. The standard InChI is InChI=1S/C33H28F6N4O3/c1-45-26-11-7-20(8-12-26)28-29(21-9-13-27(46-2)14-10-21)43(18-19-3-5-22(6-4-19)31(44)42-40)30(41-28)23-15-24(32(34,35)36)17-25(16-23)33(37,38)39/h3,5-17,19H,4,18,40H2,1-2H3,(H,42,44). The van der Waals surface area contributed by atoms with E-state index >= 15 is 0 Å². The van der Waals surface area contributed by atoms with Crippen LogP contribution < -0.4 is 20.7 Å². The lowest BCUT2D eigenvalue weighted by atomic mass is 9.95. The summed E-state index contributed by atoms with van der Waals surface area (Å²) in [7, 11) is 2.99. The quantitative estimate of drug-likeness (QED) is 0.0903. The molecule has 3 N–H and O–H groups in total. The number of hydrogen-bond acceptors (Lipinski definition) is 5. The summed E-state index contributed by atoms with van der Waals surface area (Å²) in [5, 5.41) is 0. The van der Waals surface area contributed by atoms with Crippen LogP contribution >= 0.6 is 0 Å². The number of amides is 1. The molecule has 1 aliphatic rings. The Morgan fingerprint density at radius 1 is 0.870 bits per heavy atom. The number of imidazole rings is 1. The first kappa shape index (κ1) is 32.4. The molecule has 7 nitrogen and oxygen atoms in total. The van der Waals surface area contributed by atoms with Gasteiger partial charge in [-0.15, -0.1) is 0 Å². The van der Waals surface area contributed by atoms with Gasteiger partial charge in [-0.1, -0.05) is 18.2 Å². The van der Waals surface area contributed by atoms with Crippen molar-refractivity contribution in [1.29, 1.82) is 0 Å². The lowest BCUT2D eigenvalue weighted by molar-refractivity contribution is -0.143. The Labute approximate surface area is 259 Å². The summed E-state index contributed by atoms with van der Waals surface area (Å²) in [6.45, 7) is 0.0992. The molecule has 5 rings (SSSR count). The van der Waals surface area contributed by atoms with Crippen LogP contribution in [0.25, 0.3) is 33.9 Å². The minimum absolute atomic E-state index is 0.0875. The molecule has 0 saturated carbocycles. The van der Waals surface area contributed by atoms with Gasteiger partial charge in [0, 0.05) is 28.8 Å². The van der Waals surface area contributed by atoms with Crippen molar-refractivity contribution in [3.8, 4) is 45.4 Å². The van der Waals surface area contributed by atoms with E-state index in [4.69, 9.17) is 20.3 Å². The van der Waals surface area contributed by atoms with E-state index in [0.717, 1.165) is 0 Å². The third-order valence-corrected chi connectivity index (χ3v) is 7.54. The molecule has 1 aromatic heterocycles. The van der Waals surface area contributed by atoms with E-state index in [1.807, 2.05) is 0 Å². The van der Waals surface area contributed by atoms with Gasteiger partial charge in [-0.25, -0.2) is 10.8 Å². The van der Waals surface area contributed by atoms with Crippen molar-refractivity contribution in [2.75, 3.05) is 14.2 Å². The van der Waals surface area contributed by atoms with E-state index in [2.05, 4.69) is 5.43 Å². The van der Waals surface area contributed by atoms with Crippen molar-refractivity contribution in [2.45, 2.75) is 25.3 Å². The van der Waals surface area contributed by atoms with E-state index in [1.165, 1.54) is 14.2 Å². The van der Waals surface area contributed by atoms with Crippen molar-refractivity contribution >= 4 is 5.91 Å². The van der Waals surface area contributed by atoms with Gasteiger partial charge in [0.05, 0.1) is 36.7 Å². The first-order valence-corrected chi connectivity index (χ1v) is 13.9. The predicted octanol–water partition coefficient (Wildman–Crippen LogP) is 7.43. The molecule has 1 aliphatic carbocycles. The second-order valence-electron chi connectivity index (χ2n) is 10.5. The molecule has 1 unspecified atom stereocenters. The topological polar surface area (TPSA) is 91.4 Å². The van der Waals surface area contributed by atoms with E-state index in [-0.39, 0.29) is 29.9 Å². The summed E-state index contributed by atoms with van der Waals surface area (Å²) in [6.07, 6.45) is -4.80. The molecule has 13 heteroatoms. The van der Waals surface area contributed by atoms with Crippen molar-refractivity contribution in [3.63, 3.8) is 0 Å².